The maximum Gasteiger partial charge on any atom is 0.261 e. The molecule has 0 saturated carbocycles. The second-order valence-corrected chi connectivity index (χ2v) is 3.69. The molecular formula is C11H11FN2O2. The van der Waals surface area contributed by atoms with Crippen LogP contribution in [-0.4, -0.2) is 20.8 Å². The van der Waals surface area contributed by atoms with Crippen LogP contribution in [-0.2, 0) is 6.54 Å². The van der Waals surface area contributed by atoms with Gasteiger partial charge < -0.3 is 5.11 Å². The van der Waals surface area contributed by atoms with Crippen LogP contribution >= 0.6 is 0 Å². The van der Waals surface area contributed by atoms with Gasteiger partial charge in [-0.2, -0.15) is 0 Å². The van der Waals surface area contributed by atoms with Crippen molar-refractivity contribution in [2.45, 2.75) is 19.6 Å². The van der Waals surface area contributed by atoms with Crippen molar-refractivity contribution in [1.82, 2.24) is 9.55 Å². The minimum atomic E-state index is -0.648. The fraction of sp³-hybridized carbons (Fsp3) is 0.273. The molecule has 0 bridgehead atoms. The van der Waals surface area contributed by atoms with E-state index in [9.17, 15) is 14.3 Å². The minimum absolute atomic E-state index is 0.0642. The maximum atomic E-state index is 13.3. The molecule has 1 aromatic heterocycles. The molecule has 0 radical (unpaired) electrons. The second-order valence-electron chi connectivity index (χ2n) is 3.69. The molecule has 16 heavy (non-hydrogen) atoms. The van der Waals surface area contributed by atoms with E-state index in [0.717, 1.165) is 0 Å². The zero-order chi connectivity index (χ0) is 11.7. The normalized spacial score (nSPS) is 12.9. The molecule has 0 aliphatic rings. The molecule has 0 spiro atoms. The quantitative estimate of drug-likeness (QED) is 0.821. The molecule has 2 aromatic rings. The Labute approximate surface area is 91.0 Å². The van der Waals surface area contributed by atoms with Crippen molar-refractivity contribution in [3.63, 3.8) is 0 Å². The Bertz CT molecular complexity index is 578. The molecule has 1 N–H and O–H groups in total. The van der Waals surface area contributed by atoms with E-state index in [1.807, 2.05) is 0 Å². The molecule has 0 aliphatic carbocycles. The van der Waals surface area contributed by atoms with Gasteiger partial charge in [0.05, 0.1) is 24.4 Å². The monoisotopic (exact) mass is 222 g/mol. The Balaban J connectivity index is 2.66. The molecule has 0 saturated heterocycles. The van der Waals surface area contributed by atoms with E-state index < -0.39 is 11.9 Å². The van der Waals surface area contributed by atoms with Gasteiger partial charge in [0, 0.05) is 0 Å². The van der Waals surface area contributed by atoms with Gasteiger partial charge in [0.15, 0.2) is 0 Å². The predicted molar refractivity (Wildman–Crippen MR) is 57.6 cm³/mol. The first-order chi connectivity index (χ1) is 7.59. The molecule has 1 atom stereocenters. The molecular weight excluding hydrogens is 211 g/mol. The SMILES string of the molecule is C[C@H](O)Cn1cnc2c(F)cccc2c1=O. The smallest absolute Gasteiger partial charge is 0.261 e. The Kier molecular flexibility index (Phi) is 2.70. The summed E-state index contributed by atoms with van der Waals surface area (Å²) in [6.07, 6.45) is 0.603. The average molecular weight is 222 g/mol. The highest BCUT2D eigenvalue weighted by Crippen LogP contribution is 2.10. The van der Waals surface area contributed by atoms with Gasteiger partial charge in [-0.15, -0.1) is 0 Å². The third-order valence-electron chi connectivity index (χ3n) is 2.27. The fourth-order valence-electron chi connectivity index (χ4n) is 1.57. The van der Waals surface area contributed by atoms with Crippen molar-refractivity contribution in [3.8, 4) is 0 Å². The summed E-state index contributed by atoms with van der Waals surface area (Å²) in [4.78, 5) is 15.7. The molecule has 1 heterocycles. The van der Waals surface area contributed by atoms with Gasteiger partial charge >= 0.3 is 0 Å². The third kappa shape index (κ3) is 1.81. The van der Waals surface area contributed by atoms with Crippen molar-refractivity contribution < 1.29 is 9.50 Å². The summed E-state index contributed by atoms with van der Waals surface area (Å²) in [5, 5.41) is 9.42. The van der Waals surface area contributed by atoms with E-state index in [1.54, 1.807) is 6.92 Å². The number of hydrogen-bond donors (Lipinski definition) is 1. The van der Waals surface area contributed by atoms with E-state index in [2.05, 4.69) is 4.98 Å². The van der Waals surface area contributed by atoms with Crippen LogP contribution in [0, 0.1) is 5.82 Å². The minimum Gasteiger partial charge on any atom is -0.392 e. The molecule has 84 valence electrons. The van der Waals surface area contributed by atoms with E-state index in [4.69, 9.17) is 0 Å². The number of hydrogen-bond acceptors (Lipinski definition) is 3. The lowest BCUT2D eigenvalue weighted by atomic mass is 10.2. The summed E-state index contributed by atoms with van der Waals surface area (Å²) in [5.41, 5.74) is -0.278. The van der Waals surface area contributed by atoms with Crippen LogP contribution in [0.3, 0.4) is 0 Å². The topological polar surface area (TPSA) is 55.1 Å². The summed E-state index contributed by atoms with van der Waals surface area (Å²) in [5.74, 6) is -0.515. The Morgan fingerprint density at radius 1 is 1.56 bits per heavy atom. The maximum absolute atomic E-state index is 13.3. The summed E-state index contributed by atoms with van der Waals surface area (Å²) < 4.78 is 14.6. The van der Waals surface area contributed by atoms with Crippen molar-refractivity contribution in [2.75, 3.05) is 0 Å². The number of para-hydroxylation sites is 1. The number of benzene rings is 1. The number of nitrogens with zero attached hydrogens (tertiary/aromatic N) is 2. The number of aromatic nitrogens is 2. The number of aliphatic hydroxyl groups excluding tert-OH is 1. The zero-order valence-corrected chi connectivity index (χ0v) is 8.72. The first-order valence-corrected chi connectivity index (χ1v) is 4.91. The summed E-state index contributed by atoms with van der Waals surface area (Å²) in [7, 11) is 0. The van der Waals surface area contributed by atoms with Crippen LogP contribution in [0.25, 0.3) is 10.9 Å². The molecule has 5 heteroatoms. The van der Waals surface area contributed by atoms with Gasteiger partial charge in [-0.25, -0.2) is 9.37 Å². The first-order valence-electron chi connectivity index (χ1n) is 4.91. The molecule has 0 fully saturated rings. The largest absolute Gasteiger partial charge is 0.392 e. The van der Waals surface area contributed by atoms with Crippen molar-refractivity contribution >= 4 is 10.9 Å². The number of fused-ring (bicyclic) bond motifs is 1. The fourth-order valence-corrected chi connectivity index (χ4v) is 1.57. The summed E-state index contributed by atoms with van der Waals surface area (Å²) in [6.45, 7) is 1.72. The van der Waals surface area contributed by atoms with Crippen molar-refractivity contribution in [2.24, 2.45) is 0 Å². The molecule has 0 aliphatic heterocycles. The number of aliphatic hydroxyl groups is 1. The predicted octanol–water partition coefficient (Wildman–Crippen LogP) is 0.916. The Morgan fingerprint density at radius 3 is 3.00 bits per heavy atom. The summed E-state index contributed by atoms with van der Waals surface area (Å²) >= 11 is 0. The van der Waals surface area contributed by atoms with E-state index >= 15 is 0 Å². The lowest BCUT2D eigenvalue weighted by Crippen LogP contribution is -2.25. The summed E-state index contributed by atoms with van der Waals surface area (Å²) in [6, 6.07) is 4.24. The lowest BCUT2D eigenvalue weighted by molar-refractivity contribution is 0.172. The molecule has 0 amide bonds. The van der Waals surface area contributed by atoms with E-state index in [-0.39, 0.29) is 23.0 Å². The van der Waals surface area contributed by atoms with Crippen molar-refractivity contribution in [1.29, 1.82) is 0 Å². The molecule has 0 unspecified atom stereocenters. The van der Waals surface area contributed by atoms with Gasteiger partial charge in [-0.05, 0) is 19.1 Å². The van der Waals surface area contributed by atoms with E-state index in [0.29, 0.717) is 0 Å². The first kappa shape index (κ1) is 10.8. The van der Waals surface area contributed by atoms with Crippen LogP contribution in [0.4, 0.5) is 4.39 Å². The van der Waals surface area contributed by atoms with Crippen LogP contribution in [0.5, 0.6) is 0 Å². The highest BCUT2D eigenvalue weighted by molar-refractivity contribution is 5.77. The van der Waals surface area contributed by atoms with Crippen LogP contribution in [0.2, 0.25) is 0 Å². The highest BCUT2D eigenvalue weighted by Gasteiger charge is 2.08. The van der Waals surface area contributed by atoms with Gasteiger partial charge in [-0.3, -0.25) is 9.36 Å². The second kappa shape index (κ2) is 4.02. The van der Waals surface area contributed by atoms with Gasteiger partial charge in [0.2, 0.25) is 0 Å². The number of halogens is 1. The van der Waals surface area contributed by atoms with Gasteiger partial charge in [-0.1, -0.05) is 6.07 Å². The van der Waals surface area contributed by atoms with Crippen LogP contribution in [0.15, 0.2) is 29.3 Å². The Morgan fingerprint density at radius 2 is 2.31 bits per heavy atom. The average Bonchev–Trinajstić information content (AvgIpc) is 2.23. The lowest BCUT2D eigenvalue weighted by Gasteiger charge is -2.08. The third-order valence-corrected chi connectivity index (χ3v) is 2.27. The van der Waals surface area contributed by atoms with Gasteiger partial charge in [0.1, 0.15) is 11.3 Å². The number of rotatable bonds is 2. The van der Waals surface area contributed by atoms with Crippen LogP contribution in [0.1, 0.15) is 6.92 Å². The van der Waals surface area contributed by atoms with Gasteiger partial charge in [0.25, 0.3) is 5.56 Å². The molecule has 4 nitrogen and oxygen atoms in total. The molecule has 2 rings (SSSR count). The van der Waals surface area contributed by atoms with Crippen LogP contribution < -0.4 is 5.56 Å². The Hall–Kier alpha value is -1.75. The highest BCUT2D eigenvalue weighted by atomic mass is 19.1. The van der Waals surface area contributed by atoms with Crippen molar-refractivity contribution in [3.05, 3.63) is 40.7 Å². The zero-order valence-electron chi connectivity index (χ0n) is 8.72. The standard InChI is InChI=1S/C11H11FN2O2/c1-7(15)5-14-6-13-10-8(11(14)16)3-2-4-9(10)12/h2-4,6-7,15H,5H2,1H3/t7-/m0/s1. The molecule has 1 aromatic carbocycles. The van der Waals surface area contributed by atoms with E-state index in [1.165, 1.54) is 29.1 Å².